The lowest BCUT2D eigenvalue weighted by molar-refractivity contribution is -0.391. The molecule has 0 fully saturated rings. The van der Waals surface area contributed by atoms with Crippen molar-refractivity contribution >= 4 is 11.5 Å². The molecule has 0 aliphatic heterocycles. The Balaban J connectivity index is 2.24. The maximum Gasteiger partial charge on any atom is 0.438 e. The number of halogens is 1. The van der Waals surface area contributed by atoms with Gasteiger partial charge in [0.05, 0.1) is 10.8 Å². The van der Waals surface area contributed by atoms with Gasteiger partial charge in [-0.3, -0.25) is 0 Å². The summed E-state index contributed by atoms with van der Waals surface area (Å²) in [6.45, 7) is 0. The van der Waals surface area contributed by atoms with Crippen molar-refractivity contribution in [3.63, 3.8) is 0 Å². The average molecular weight is 315 g/mol. The molecule has 8 nitrogen and oxygen atoms in total. The molecule has 0 radical (unpaired) electrons. The summed E-state index contributed by atoms with van der Waals surface area (Å²) < 4.78 is 13.2. The summed E-state index contributed by atoms with van der Waals surface area (Å²) in [7, 11) is 0. The predicted molar refractivity (Wildman–Crippen MR) is 77.0 cm³/mol. The average Bonchev–Trinajstić information content (AvgIpc) is 2.86. The summed E-state index contributed by atoms with van der Waals surface area (Å²) in [5.41, 5.74) is 0.103. The second kappa shape index (κ2) is 5.72. The van der Waals surface area contributed by atoms with E-state index >= 15 is 0 Å². The van der Waals surface area contributed by atoms with Crippen LogP contribution in [0.3, 0.4) is 0 Å². The van der Waals surface area contributed by atoms with Gasteiger partial charge >= 0.3 is 5.82 Å². The number of para-hydroxylation sites is 1. The lowest BCUT2D eigenvalue weighted by Crippen LogP contribution is -2.21. The van der Waals surface area contributed by atoms with Gasteiger partial charge in [0.25, 0.3) is 5.49 Å². The first-order valence-corrected chi connectivity index (χ1v) is 6.48. The number of nitrogens with zero attached hydrogens (tertiary/aromatic N) is 5. The maximum atomic E-state index is 13.2. The maximum absolute atomic E-state index is 13.2. The molecule has 116 valence electrons. The van der Waals surface area contributed by atoms with Gasteiger partial charge in [-0.05, 0) is 40.1 Å². The molecule has 1 N–H and O–H groups in total. The van der Waals surface area contributed by atoms with Crippen molar-refractivity contribution in [3.05, 3.63) is 76.0 Å². The number of benzene rings is 2. The van der Waals surface area contributed by atoms with Gasteiger partial charge in [0.2, 0.25) is 0 Å². The van der Waals surface area contributed by atoms with E-state index < -0.39 is 22.0 Å². The van der Waals surface area contributed by atoms with E-state index in [0.717, 1.165) is 10.9 Å². The molecule has 0 spiro atoms. The van der Waals surface area contributed by atoms with Crippen LogP contribution in [0.15, 0.2) is 59.6 Å². The number of nitro groups is 1. The molecule has 0 aliphatic rings. The van der Waals surface area contributed by atoms with Crippen LogP contribution in [-0.4, -0.2) is 24.9 Å². The van der Waals surface area contributed by atoms with Crippen molar-refractivity contribution in [2.45, 2.75) is 0 Å². The molecule has 0 amide bonds. The van der Waals surface area contributed by atoms with Crippen molar-refractivity contribution < 1.29 is 14.5 Å². The van der Waals surface area contributed by atoms with Crippen LogP contribution >= 0.6 is 0 Å². The van der Waals surface area contributed by atoms with Crippen molar-refractivity contribution in [2.75, 3.05) is 0 Å². The zero-order valence-corrected chi connectivity index (χ0v) is 11.6. The topological polar surface area (TPSA) is 98.5 Å². The minimum absolute atomic E-state index is 0.114. The lowest BCUT2D eigenvalue weighted by Gasteiger charge is -1.98. The Hall–Kier alpha value is -3.49. The van der Waals surface area contributed by atoms with Crippen LogP contribution in [0.25, 0.3) is 5.69 Å². The second-order valence-corrected chi connectivity index (χ2v) is 4.51. The molecule has 1 heterocycles. The first-order valence-electron chi connectivity index (χ1n) is 6.48. The van der Waals surface area contributed by atoms with Crippen LogP contribution in [0.2, 0.25) is 0 Å². The van der Waals surface area contributed by atoms with Gasteiger partial charge in [-0.2, -0.15) is 0 Å². The summed E-state index contributed by atoms with van der Waals surface area (Å²) in [5.74, 6) is -1.20. The van der Waals surface area contributed by atoms with E-state index in [1.165, 1.54) is 18.2 Å². The molecule has 0 atom stereocenters. The van der Waals surface area contributed by atoms with E-state index in [2.05, 4.69) is 10.1 Å². The Morgan fingerprint density at radius 1 is 1.17 bits per heavy atom. The van der Waals surface area contributed by atoms with Gasteiger partial charge < -0.3 is 15.3 Å². The largest absolute Gasteiger partial charge is 0.438 e. The van der Waals surface area contributed by atoms with Crippen molar-refractivity contribution in [1.82, 2.24) is 14.7 Å². The van der Waals surface area contributed by atoms with Crippen LogP contribution in [0.4, 0.5) is 15.9 Å². The van der Waals surface area contributed by atoms with Crippen LogP contribution < -0.4 is 5.49 Å². The monoisotopic (exact) mass is 315 g/mol. The lowest BCUT2D eigenvalue weighted by atomic mass is 10.3. The van der Waals surface area contributed by atoms with Crippen LogP contribution in [0, 0.1) is 15.9 Å². The van der Waals surface area contributed by atoms with Crippen LogP contribution in [0.1, 0.15) is 0 Å². The Bertz CT molecular complexity index is 933. The van der Waals surface area contributed by atoms with E-state index in [1.54, 1.807) is 30.3 Å². The molecule has 0 saturated carbocycles. The summed E-state index contributed by atoms with van der Waals surface area (Å²) in [5, 5.41) is 25.1. The van der Waals surface area contributed by atoms with E-state index in [9.17, 15) is 19.7 Å². The van der Waals surface area contributed by atoms with Gasteiger partial charge in [-0.15, -0.1) is 0 Å². The number of aromatic nitrogens is 3. The molecule has 3 aromatic rings. The zero-order valence-electron chi connectivity index (χ0n) is 11.6. The van der Waals surface area contributed by atoms with E-state index in [-0.39, 0.29) is 5.69 Å². The summed E-state index contributed by atoms with van der Waals surface area (Å²) in [6, 6.07) is 13.5. The van der Waals surface area contributed by atoms with E-state index in [4.69, 9.17) is 0 Å². The van der Waals surface area contributed by atoms with Crippen LogP contribution in [-0.2, 0) is 0 Å². The first kappa shape index (κ1) is 14.4. The predicted octanol–water partition coefficient (Wildman–Crippen LogP) is 2.19. The SMILES string of the molecule is O=[N+]([O-])c1nn(-c2ccccc2)n(O)c1=Nc1cccc(F)c1. The van der Waals surface area contributed by atoms with Gasteiger partial charge in [0, 0.05) is 0 Å². The molecule has 1 aromatic heterocycles. The minimum atomic E-state index is -0.774. The smallest absolute Gasteiger partial charge is 0.409 e. The van der Waals surface area contributed by atoms with Gasteiger partial charge in [0.15, 0.2) is 0 Å². The van der Waals surface area contributed by atoms with Gasteiger partial charge in [-0.25, -0.2) is 9.38 Å². The number of hydrogen-bond donors (Lipinski definition) is 1. The van der Waals surface area contributed by atoms with E-state index in [0.29, 0.717) is 10.5 Å². The quantitative estimate of drug-likeness (QED) is 0.455. The van der Waals surface area contributed by atoms with Gasteiger partial charge in [-0.1, -0.05) is 29.1 Å². The molecular formula is C14H10FN5O3. The highest BCUT2D eigenvalue weighted by Crippen LogP contribution is 2.14. The molecule has 0 aliphatic carbocycles. The molecule has 0 bridgehead atoms. The number of rotatable bonds is 3. The second-order valence-electron chi connectivity index (χ2n) is 4.51. The standard InChI is InChI=1S/C14H10FN5O3/c15-10-5-4-6-11(9-10)16-13-14(20(22)23)17-18(19(13)21)12-7-2-1-3-8-12/h1-9,21H. The number of hydrogen-bond acceptors (Lipinski definition) is 5. The first-order chi connectivity index (χ1) is 11.1. The molecule has 3 rings (SSSR count). The van der Waals surface area contributed by atoms with E-state index in [1.807, 2.05) is 0 Å². The molecule has 0 saturated heterocycles. The third kappa shape index (κ3) is 2.79. The van der Waals surface area contributed by atoms with Crippen molar-refractivity contribution in [1.29, 1.82) is 0 Å². The fourth-order valence-electron chi connectivity index (χ4n) is 1.97. The highest BCUT2D eigenvalue weighted by Gasteiger charge is 2.24. The fourth-order valence-corrected chi connectivity index (χ4v) is 1.97. The Kier molecular flexibility index (Phi) is 3.59. The zero-order chi connectivity index (χ0) is 16.4. The van der Waals surface area contributed by atoms with Crippen LogP contribution in [0.5, 0.6) is 0 Å². The Labute approximate surface area is 128 Å². The summed E-state index contributed by atoms with van der Waals surface area (Å²) in [4.78, 5) is 15.7. The molecular weight excluding hydrogens is 305 g/mol. The highest BCUT2D eigenvalue weighted by atomic mass is 19.1. The van der Waals surface area contributed by atoms with Gasteiger partial charge in [0.1, 0.15) is 11.5 Å². The Morgan fingerprint density at radius 3 is 2.57 bits per heavy atom. The van der Waals surface area contributed by atoms with Crippen molar-refractivity contribution in [3.8, 4) is 5.69 Å². The molecule has 9 heteroatoms. The minimum Gasteiger partial charge on any atom is -0.409 e. The van der Waals surface area contributed by atoms with Crippen molar-refractivity contribution in [2.24, 2.45) is 4.99 Å². The third-order valence-electron chi connectivity index (χ3n) is 2.96. The third-order valence-corrected chi connectivity index (χ3v) is 2.96. The molecule has 0 unspecified atom stereocenters. The molecule has 2 aromatic carbocycles. The fraction of sp³-hybridized carbons (Fsp3) is 0. The summed E-state index contributed by atoms with van der Waals surface area (Å²) >= 11 is 0. The Morgan fingerprint density at radius 2 is 1.91 bits per heavy atom. The normalized spacial score (nSPS) is 11.6. The molecule has 23 heavy (non-hydrogen) atoms. The summed E-state index contributed by atoms with van der Waals surface area (Å²) in [6.07, 6.45) is 0. The highest BCUT2D eigenvalue weighted by molar-refractivity contribution is 5.37.